The lowest BCUT2D eigenvalue weighted by atomic mass is 9.68. The van der Waals surface area contributed by atoms with E-state index < -0.39 is 17.2 Å². The Balaban J connectivity index is 2.40. The van der Waals surface area contributed by atoms with Crippen LogP contribution in [0.15, 0.2) is 24.3 Å². The predicted molar refractivity (Wildman–Crippen MR) is 82.9 cm³/mol. The quantitative estimate of drug-likeness (QED) is 0.890. The molecule has 1 saturated carbocycles. The minimum Gasteiger partial charge on any atom is -0.352 e. The highest BCUT2D eigenvalue weighted by Crippen LogP contribution is 2.41. The van der Waals surface area contributed by atoms with Crippen LogP contribution in [-0.2, 0) is 16.4 Å². The Morgan fingerprint density at radius 1 is 1.30 bits per heavy atom. The molecule has 3 nitrogen and oxygen atoms in total. The van der Waals surface area contributed by atoms with Crippen molar-refractivity contribution in [2.24, 2.45) is 5.73 Å². The van der Waals surface area contributed by atoms with Gasteiger partial charge in [-0.2, -0.15) is 13.2 Å². The molecule has 1 aromatic rings. The Kier molecular flexibility index (Phi) is 5.34. The number of hydrogen-bond donors (Lipinski definition) is 2. The Bertz CT molecular complexity index is 551. The lowest BCUT2D eigenvalue weighted by Gasteiger charge is -2.37. The second-order valence-corrected chi connectivity index (χ2v) is 6.33. The molecular weight excluding hydrogens is 305 g/mol. The van der Waals surface area contributed by atoms with E-state index in [1.54, 1.807) is 13.0 Å². The molecule has 128 valence electrons. The second kappa shape index (κ2) is 6.91. The molecule has 1 amide bonds. The average molecular weight is 328 g/mol. The van der Waals surface area contributed by atoms with Crippen LogP contribution < -0.4 is 11.1 Å². The lowest BCUT2D eigenvalue weighted by molar-refractivity contribution is -0.138. The van der Waals surface area contributed by atoms with Crippen molar-refractivity contribution in [1.29, 1.82) is 0 Å². The summed E-state index contributed by atoms with van der Waals surface area (Å²) >= 11 is 0. The number of halogens is 3. The van der Waals surface area contributed by atoms with Crippen LogP contribution in [0, 0.1) is 0 Å². The summed E-state index contributed by atoms with van der Waals surface area (Å²) in [6, 6.07) is 4.98. The summed E-state index contributed by atoms with van der Waals surface area (Å²) in [5.74, 6) is -0.213. The molecule has 0 saturated heterocycles. The fourth-order valence-corrected chi connectivity index (χ4v) is 3.22. The third-order valence-corrected chi connectivity index (χ3v) is 4.62. The summed E-state index contributed by atoms with van der Waals surface area (Å²) in [6.45, 7) is 2.09. The van der Waals surface area contributed by atoms with E-state index in [1.165, 1.54) is 6.07 Å². The van der Waals surface area contributed by atoms with Crippen LogP contribution in [0.1, 0.15) is 50.2 Å². The highest BCUT2D eigenvalue weighted by atomic mass is 19.4. The first-order valence-electron chi connectivity index (χ1n) is 7.98. The van der Waals surface area contributed by atoms with Gasteiger partial charge in [0.25, 0.3) is 0 Å². The summed E-state index contributed by atoms with van der Waals surface area (Å²) in [7, 11) is 0. The number of carbonyl (C=O) groups excluding carboxylic acids is 1. The SMILES string of the molecule is C[C@@H](CN)NC(=O)C1(c2cccc(C(F)(F)F)c2)CCCCC1. The minimum atomic E-state index is -4.41. The number of hydrogen-bond acceptors (Lipinski definition) is 2. The standard InChI is InChI=1S/C17H23F3N2O/c1-12(11-21)22-15(23)16(8-3-2-4-9-16)13-6-5-7-14(10-13)17(18,19)20/h5-7,10,12H,2-4,8-9,11,21H2,1H3,(H,22,23)/t12-/m0/s1. The van der Waals surface area contributed by atoms with Gasteiger partial charge in [0.2, 0.25) is 5.91 Å². The zero-order chi connectivity index (χ0) is 17.1. The maximum atomic E-state index is 13.0. The summed E-state index contributed by atoms with van der Waals surface area (Å²) in [4.78, 5) is 12.8. The molecule has 0 bridgehead atoms. The Morgan fingerprint density at radius 3 is 2.52 bits per heavy atom. The van der Waals surface area contributed by atoms with Crippen molar-refractivity contribution in [3.05, 3.63) is 35.4 Å². The largest absolute Gasteiger partial charge is 0.416 e. The van der Waals surface area contributed by atoms with E-state index in [9.17, 15) is 18.0 Å². The Morgan fingerprint density at radius 2 is 1.96 bits per heavy atom. The van der Waals surface area contributed by atoms with Gasteiger partial charge in [0.05, 0.1) is 11.0 Å². The lowest BCUT2D eigenvalue weighted by Crippen LogP contribution is -2.50. The van der Waals surface area contributed by atoms with Crippen molar-refractivity contribution in [2.45, 2.75) is 56.7 Å². The van der Waals surface area contributed by atoms with E-state index in [2.05, 4.69) is 5.32 Å². The fraction of sp³-hybridized carbons (Fsp3) is 0.588. The number of amides is 1. The zero-order valence-electron chi connectivity index (χ0n) is 13.2. The zero-order valence-corrected chi connectivity index (χ0v) is 13.2. The number of nitrogens with one attached hydrogen (secondary N) is 1. The van der Waals surface area contributed by atoms with Gasteiger partial charge in [-0.25, -0.2) is 0 Å². The van der Waals surface area contributed by atoms with Crippen molar-refractivity contribution in [3.63, 3.8) is 0 Å². The average Bonchev–Trinajstić information content (AvgIpc) is 2.54. The molecular formula is C17H23F3N2O. The molecule has 1 aliphatic carbocycles. The molecule has 1 aliphatic rings. The summed E-state index contributed by atoms with van der Waals surface area (Å²) in [5.41, 5.74) is 4.41. The number of nitrogens with two attached hydrogens (primary N) is 1. The van der Waals surface area contributed by atoms with Crippen molar-refractivity contribution in [1.82, 2.24) is 5.32 Å². The van der Waals surface area contributed by atoms with Gasteiger partial charge in [-0.15, -0.1) is 0 Å². The van der Waals surface area contributed by atoms with Crippen molar-refractivity contribution in [3.8, 4) is 0 Å². The number of rotatable bonds is 4. The van der Waals surface area contributed by atoms with E-state index in [-0.39, 0.29) is 11.9 Å². The van der Waals surface area contributed by atoms with E-state index in [0.29, 0.717) is 24.9 Å². The van der Waals surface area contributed by atoms with Crippen LogP contribution in [0.25, 0.3) is 0 Å². The van der Waals surface area contributed by atoms with Crippen molar-refractivity contribution >= 4 is 5.91 Å². The number of alkyl halides is 3. The van der Waals surface area contributed by atoms with Gasteiger partial charge in [-0.05, 0) is 31.4 Å². The molecule has 0 radical (unpaired) electrons. The first kappa shape index (κ1) is 17.8. The molecule has 1 atom stereocenters. The van der Waals surface area contributed by atoms with Gasteiger partial charge in [0, 0.05) is 12.6 Å². The number of carbonyl (C=O) groups is 1. The molecule has 0 aromatic heterocycles. The molecule has 0 spiro atoms. The molecule has 0 unspecified atom stereocenters. The molecule has 0 heterocycles. The fourth-order valence-electron chi connectivity index (χ4n) is 3.22. The molecule has 6 heteroatoms. The van der Waals surface area contributed by atoms with Crippen LogP contribution in [-0.4, -0.2) is 18.5 Å². The topological polar surface area (TPSA) is 55.1 Å². The summed E-state index contributed by atoms with van der Waals surface area (Å²) in [6.07, 6.45) is -0.608. The normalized spacial score (nSPS) is 19.2. The van der Waals surface area contributed by atoms with Gasteiger partial charge in [-0.3, -0.25) is 4.79 Å². The summed E-state index contributed by atoms with van der Waals surface area (Å²) in [5, 5.41) is 2.85. The first-order valence-corrected chi connectivity index (χ1v) is 7.98. The number of benzene rings is 1. The molecule has 23 heavy (non-hydrogen) atoms. The van der Waals surface area contributed by atoms with Crippen LogP contribution in [0.3, 0.4) is 0 Å². The van der Waals surface area contributed by atoms with Gasteiger partial charge < -0.3 is 11.1 Å². The van der Waals surface area contributed by atoms with Gasteiger partial charge in [-0.1, -0.05) is 37.5 Å². The van der Waals surface area contributed by atoms with Crippen molar-refractivity contribution in [2.75, 3.05) is 6.54 Å². The van der Waals surface area contributed by atoms with Crippen molar-refractivity contribution < 1.29 is 18.0 Å². The third-order valence-electron chi connectivity index (χ3n) is 4.62. The van der Waals surface area contributed by atoms with E-state index >= 15 is 0 Å². The maximum Gasteiger partial charge on any atom is 0.416 e. The van der Waals surface area contributed by atoms with Crippen LogP contribution >= 0.6 is 0 Å². The molecule has 2 rings (SSSR count). The van der Waals surface area contributed by atoms with Crippen LogP contribution in [0.2, 0.25) is 0 Å². The second-order valence-electron chi connectivity index (χ2n) is 6.33. The minimum absolute atomic E-state index is 0.202. The van der Waals surface area contributed by atoms with Gasteiger partial charge >= 0.3 is 6.18 Å². The highest BCUT2D eigenvalue weighted by molar-refractivity contribution is 5.88. The third kappa shape index (κ3) is 3.86. The summed E-state index contributed by atoms with van der Waals surface area (Å²) < 4.78 is 39.0. The molecule has 1 fully saturated rings. The van der Waals surface area contributed by atoms with E-state index in [0.717, 1.165) is 31.4 Å². The molecule has 1 aromatic carbocycles. The monoisotopic (exact) mass is 328 g/mol. The maximum absolute atomic E-state index is 13.0. The smallest absolute Gasteiger partial charge is 0.352 e. The molecule has 3 N–H and O–H groups in total. The first-order chi connectivity index (χ1) is 10.8. The van der Waals surface area contributed by atoms with Gasteiger partial charge in [0.15, 0.2) is 0 Å². The Hall–Kier alpha value is -1.56. The van der Waals surface area contributed by atoms with E-state index in [4.69, 9.17) is 5.73 Å². The predicted octanol–water partition coefficient (Wildman–Crippen LogP) is 3.37. The van der Waals surface area contributed by atoms with Crippen LogP contribution in [0.4, 0.5) is 13.2 Å². The Labute approximate surface area is 134 Å². The molecule has 0 aliphatic heterocycles. The van der Waals surface area contributed by atoms with Crippen LogP contribution in [0.5, 0.6) is 0 Å². The van der Waals surface area contributed by atoms with Gasteiger partial charge in [0.1, 0.15) is 0 Å². The highest BCUT2D eigenvalue weighted by Gasteiger charge is 2.42. The van der Waals surface area contributed by atoms with E-state index in [1.807, 2.05) is 0 Å².